The van der Waals surface area contributed by atoms with Crippen molar-refractivity contribution in [1.29, 1.82) is 5.26 Å². The minimum atomic E-state index is -0.0667. The predicted octanol–water partition coefficient (Wildman–Crippen LogP) is 4.98. The van der Waals surface area contributed by atoms with Gasteiger partial charge in [0.1, 0.15) is 11.3 Å². The van der Waals surface area contributed by atoms with E-state index in [0.29, 0.717) is 17.6 Å². The molecule has 0 bridgehead atoms. The topological polar surface area (TPSA) is 63.6 Å². The molecule has 0 unspecified atom stereocenters. The molecule has 5 rings (SSSR count). The summed E-state index contributed by atoms with van der Waals surface area (Å²) in [6.07, 6.45) is 4.48. The first kappa shape index (κ1) is 19.8. The fraction of sp³-hybridized carbons (Fsp3) is 0.240. The number of pyridine rings is 1. The van der Waals surface area contributed by atoms with Crippen molar-refractivity contribution in [3.05, 3.63) is 97.6 Å². The molecule has 4 aromatic rings. The van der Waals surface area contributed by atoms with Crippen molar-refractivity contribution < 1.29 is 0 Å². The van der Waals surface area contributed by atoms with E-state index < -0.39 is 0 Å². The summed E-state index contributed by atoms with van der Waals surface area (Å²) in [4.78, 5) is 18.4. The fourth-order valence-corrected chi connectivity index (χ4v) is 5.09. The van der Waals surface area contributed by atoms with E-state index in [1.807, 2.05) is 24.3 Å². The third-order valence-corrected chi connectivity index (χ3v) is 6.64. The van der Waals surface area contributed by atoms with Gasteiger partial charge in [0.15, 0.2) is 0 Å². The van der Waals surface area contributed by atoms with Crippen molar-refractivity contribution >= 4 is 27.0 Å². The molecule has 6 heteroatoms. The first-order chi connectivity index (χ1) is 15.1. The zero-order valence-electron chi connectivity index (χ0n) is 17.2. The van der Waals surface area contributed by atoms with Crippen LogP contribution in [0.3, 0.4) is 0 Å². The Balaban J connectivity index is 1.67. The van der Waals surface area contributed by atoms with E-state index in [0.717, 1.165) is 40.6 Å². The predicted molar refractivity (Wildman–Crippen MR) is 124 cm³/mol. The molecule has 0 spiro atoms. The summed E-state index contributed by atoms with van der Waals surface area (Å²) in [5.41, 5.74) is 5.33. The van der Waals surface area contributed by atoms with E-state index in [9.17, 15) is 10.1 Å². The van der Waals surface area contributed by atoms with Crippen LogP contribution < -0.4 is 5.56 Å². The molecule has 0 saturated heterocycles. The molecule has 0 fully saturated rings. The Kier molecular flexibility index (Phi) is 4.99. The average molecular weight is 473 g/mol. The van der Waals surface area contributed by atoms with Crippen molar-refractivity contribution in [3.63, 3.8) is 0 Å². The molecule has 0 amide bonds. The van der Waals surface area contributed by atoms with Crippen molar-refractivity contribution in [2.24, 2.45) is 0 Å². The van der Waals surface area contributed by atoms with Crippen LogP contribution in [0.1, 0.15) is 47.5 Å². The van der Waals surface area contributed by atoms with Gasteiger partial charge in [0.2, 0.25) is 0 Å². The molecule has 1 aliphatic carbocycles. The van der Waals surface area contributed by atoms with Crippen molar-refractivity contribution in [2.75, 3.05) is 0 Å². The van der Waals surface area contributed by atoms with Gasteiger partial charge in [0.05, 0.1) is 29.7 Å². The molecule has 2 aromatic carbocycles. The highest BCUT2D eigenvalue weighted by molar-refractivity contribution is 9.10. The number of nitriles is 1. The van der Waals surface area contributed by atoms with Gasteiger partial charge in [-0.15, -0.1) is 0 Å². The van der Waals surface area contributed by atoms with Crippen LogP contribution in [-0.4, -0.2) is 14.1 Å². The zero-order chi connectivity index (χ0) is 21.5. The van der Waals surface area contributed by atoms with Gasteiger partial charge in [-0.1, -0.05) is 47.1 Å². The second-order valence-electron chi connectivity index (χ2n) is 7.90. The Morgan fingerprint density at radius 2 is 2.06 bits per heavy atom. The first-order valence-corrected chi connectivity index (χ1v) is 11.3. The molecule has 1 aliphatic rings. The number of hydrogen-bond donors (Lipinski definition) is 0. The molecule has 2 heterocycles. The van der Waals surface area contributed by atoms with Crippen LogP contribution in [0, 0.1) is 11.3 Å². The number of hydrogen-bond acceptors (Lipinski definition) is 3. The number of nitrogens with zero attached hydrogens (tertiary/aromatic N) is 4. The SMILES string of the molecule is CCc1nc2ccn(Cc3ccccc3C#N)c(=O)c2n1[C@H]1CCc2cc(Br)ccc21. The maximum atomic E-state index is 13.6. The molecule has 154 valence electrons. The minimum Gasteiger partial charge on any atom is -0.316 e. The lowest BCUT2D eigenvalue weighted by Gasteiger charge is -2.18. The van der Waals surface area contributed by atoms with E-state index in [1.54, 1.807) is 16.8 Å². The van der Waals surface area contributed by atoms with Crippen LogP contribution in [0.4, 0.5) is 0 Å². The molecule has 0 N–H and O–H groups in total. The lowest BCUT2D eigenvalue weighted by Crippen LogP contribution is -2.24. The van der Waals surface area contributed by atoms with Crippen LogP contribution in [0.25, 0.3) is 11.0 Å². The van der Waals surface area contributed by atoms with Gasteiger partial charge < -0.3 is 9.13 Å². The standard InChI is InChI=1S/C25H21BrN4O/c1-2-23-28-21-11-12-29(15-18-6-4-3-5-17(18)14-27)25(31)24(21)30(23)22-10-7-16-13-19(26)8-9-20(16)22/h3-6,8-9,11-13,22H,2,7,10,15H2,1H3/t22-/m0/s1. The molecular formula is C25H21BrN4O. The van der Waals surface area contributed by atoms with Crippen LogP contribution >= 0.6 is 15.9 Å². The smallest absolute Gasteiger partial charge is 0.277 e. The Labute approximate surface area is 188 Å². The number of aromatic nitrogens is 3. The zero-order valence-corrected chi connectivity index (χ0v) is 18.8. The molecular weight excluding hydrogens is 452 g/mol. The summed E-state index contributed by atoms with van der Waals surface area (Å²) >= 11 is 3.57. The quantitative estimate of drug-likeness (QED) is 0.420. The Hall–Kier alpha value is -3.17. The lowest BCUT2D eigenvalue weighted by atomic mass is 10.1. The normalized spacial score (nSPS) is 15.2. The molecule has 0 radical (unpaired) electrons. The summed E-state index contributed by atoms with van der Waals surface area (Å²) < 4.78 is 4.93. The molecule has 0 aliphatic heterocycles. The van der Waals surface area contributed by atoms with Gasteiger partial charge in [-0.25, -0.2) is 4.98 Å². The van der Waals surface area contributed by atoms with Gasteiger partial charge in [0, 0.05) is 17.1 Å². The fourth-order valence-electron chi connectivity index (χ4n) is 4.68. The maximum Gasteiger partial charge on any atom is 0.277 e. The van der Waals surface area contributed by atoms with E-state index in [1.165, 1.54) is 11.1 Å². The largest absolute Gasteiger partial charge is 0.316 e. The summed E-state index contributed by atoms with van der Waals surface area (Å²) in [6.45, 7) is 2.44. The Morgan fingerprint density at radius 3 is 2.87 bits per heavy atom. The molecule has 1 atom stereocenters. The summed E-state index contributed by atoms with van der Waals surface area (Å²) in [7, 11) is 0. The van der Waals surface area contributed by atoms with Crippen LogP contribution in [-0.2, 0) is 19.4 Å². The summed E-state index contributed by atoms with van der Waals surface area (Å²) in [6, 6.07) is 18.1. The average Bonchev–Trinajstić information content (AvgIpc) is 3.36. The maximum absolute atomic E-state index is 13.6. The second-order valence-corrected chi connectivity index (χ2v) is 8.82. The van der Waals surface area contributed by atoms with Gasteiger partial charge >= 0.3 is 0 Å². The van der Waals surface area contributed by atoms with Crippen LogP contribution in [0.2, 0.25) is 0 Å². The van der Waals surface area contributed by atoms with Crippen molar-refractivity contribution in [2.45, 2.75) is 38.8 Å². The van der Waals surface area contributed by atoms with Gasteiger partial charge in [-0.3, -0.25) is 4.79 Å². The van der Waals surface area contributed by atoms with Crippen molar-refractivity contribution in [3.8, 4) is 6.07 Å². The number of halogens is 1. The highest BCUT2D eigenvalue weighted by Gasteiger charge is 2.28. The minimum absolute atomic E-state index is 0.0667. The van der Waals surface area contributed by atoms with Gasteiger partial charge in [0.25, 0.3) is 5.56 Å². The Morgan fingerprint density at radius 1 is 1.23 bits per heavy atom. The highest BCUT2D eigenvalue weighted by Crippen LogP contribution is 2.38. The number of fused-ring (bicyclic) bond motifs is 2. The van der Waals surface area contributed by atoms with E-state index in [4.69, 9.17) is 4.98 Å². The summed E-state index contributed by atoms with van der Waals surface area (Å²) in [5.74, 6) is 0.933. The molecule has 2 aromatic heterocycles. The van der Waals surface area contributed by atoms with E-state index in [-0.39, 0.29) is 11.6 Å². The third kappa shape index (κ3) is 3.30. The highest BCUT2D eigenvalue weighted by atomic mass is 79.9. The van der Waals surface area contributed by atoms with Crippen LogP contribution in [0.15, 0.2) is 64.0 Å². The molecule has 0 saturated carbocycles. The van der Waals surface area contributed by atoms with Crippen LogP contribution in [0.5, 0.6) is 0 Å². The molecule has 5 nitrogen and oxygen atoms in total. The third-order valence-electron chi connectivity index (χ3n) is 6.14. The van der Waals surface area contributed by atoms with E-state index in [2.05, 4.69) is 51.7 Å². The van der Waals surface area contributed by atoms with Gasteiger partial charge in [-0.05, 0) is 53.8 Å². The second kappa shape index (κ2) is 7.82. The number of aryl methyl sites for hydroxylation is 2. The number of benzene rings is 2. The van der Waals surface area contributed by atoms with E-state index >= 15 is 0 Å². The molecule has 31 heavy (non-hydrogen) atoms. The first-order valence-electron chi connectivity index (χ1n) is 10.5. The monoisotopic (exact) mass is 472 g/mol. The summed E-state index contributed by atoms with van der Waals surface area (Å²) in [5, 5.41) is 9.42. The Bertz CT molecular complexity index is 1410. The van der Waals surface area contributed by atoms with Gasteiger partial charge in [-0.2, -0.15) is 5.26 Å². The van der Waals surface area contributed by atoms with Crippen molar-refractivity contribution in [1.82, 2.24) is 14.1 Å². The lowest BCUT2D eigenvalue weighted by molar-refractivity contribution is 0.567. The number of rotatable bonds is 4. The number of imidazole rings is 1.